The molecule has 21 heavy (non-hydrogen) atoms. The Kier molecular flexibility index (Phi) is 4.95. The van der Waals surface area contributed by atoms with Gasteiger partial charge < -0.3 is 10.3 Å². The number of imidazole rings is 1. The first-order valence-electron chi connectivity index (χ1n) is 6.86. The number of benzene rings is 1. The van der Waals surface area contributed by atoms with Gasteiger partial charge in [-0.3, -0.25) is 0 Å². The molecule has 0 saturated carbocycles. The molecular weight excluding hydrogens is 306 g/mol. The van der Waals surface area contributed by atoms with Crippen molar-refractivity contribution in [3.8, 4) is 0 Å². The summed E-state index contributed by atoms with van der Waals surface area (Å²) in [5, 5.41) is 0. The van der Waals surface area contributed by atoms with Crippen LogP contribution in [-0.4, -0.2) is 34.5 Å². The van der Waals surface area contributed by atoms with Crippen LogP contribution in [0.3, 0.4) is 0 Å². The van der Waals surface area contributed by atoms with E-state index in [1.807, 2.05) is 35.8 Å². The second kappa shape index (κ2) is 6.53. The summed E-state index contributed by atoms with van der Waals surface area (Å²) in [6.07, 6.45) is 1.00. The molecule has 1 heterocycles. The maximum atomic E-state index is 11.9. The third kappa shape index (κ3) is 4.01. The van der Waals surface area contributed by atoms with Crippen molar-refractivity contribution < 1.29 is 8.42 Å². The Labute approximate surface area is 130 Å². The summed E-state index contributed by atoms with van der Waals surface area (Å²) < 4.78 is 25.7. The minimum atomic E-state index is -3.03. The Morgan fingerprint density at radius 3 is 2.71 bits per heavy atom. The molecule has 0 atom stereocenters. The zero-order chi connectivity index (χ0) is 15.5. The van der Waals surface area contributed by atoms with Crippen LogP contribution in [0.5, 0.6) is 0 Å². The molecule has 0 unspecified atom stereocenters. The molecule has 7 heteroatoms. The first kappa shape index (κ1) is 15.9. The lowest BCUT2D eigenvalue weighted by atomic mass is 10.3. The molecule has 2 rings (SSSR count). The summed E-state index contributed by atoms with van der Waals surface area (Å²) in [5.74, 6) is 1.03. The molecule has 1 aromatic heterocycles. The standard InChI is InChI=1S/C14H19N3O2S2/c1-2-8-21(18,19)9-7-17-12-6-4-3-5-11(12)16-14(17)10-13(15)20/h3-6H,2,7-10H2,1H3,(H2,15,20). The van der Waals surface area contributed by atoms with Crippen molar-refractivity contribution in [1.29, 1.82) is 0 Å². The number of sulfone groups is 1. The van der Waals surface area contributed by atoms with Crippen LogP contribution in [0.2, 0.25) is 0 Å². The normalized spacial score (nSPS) is 11.9. The fraction of sp³-hybridized carbons (Fsp3) is 0.429. The predicted molar refractivity (Wildman–Crippen MR) is 89.2 cm³/mol. The van der Waals surface area contributed by atoms with Crippen molar-refractivity contribution in [2.75, 3.05) is 11.5 Å². The van der Waals surface area contributed by atoms with Gasteiger partial charge >= 0.3 is 0 Å². The molecular formula is C14H19N3O2S2. The van der Waals surface area contributed by atoms with E-state index < -0.39 is 9.84 Å². The lowest BCUT2D eigenvalue weighted by Crippen LogP contribution is -2.20. The molecule has 0 amide bonds. The SMILES string of the molecule is CCCS(=O)(=O)CCn1c(CC(N)=S)nc2ccccc21. The second-order valence-electron chi connectivity index (χ2n) is 4.96. The predicted octanol–water partition coefficient (Wildman–Crippen LogP) is 1.69. The fourth-order valence-corrected chi connectivity index (χ4v) is 3.73. The number of thiocarbonyl (C=S) groups is 1. The fourth-order valence-electron chi connectivity index (χ4n) is 2.31. The molecule has 0 aliphatic rings. The van der Waals surface area contributed by atoms with Gasteiger partial charge in [-0.1, -0.05) is 31.3 Å². The minimum absolute atomic E-state index is 0.103. The van der Waals surface area contributed by atoms with Gasteiger partial charge in [-0.2, -0.15) is 0 Å². The first-order valence-corrected chi connectivity index (χ1v) is 9.09. The van der Waals surface area contributed by atoms with Crippen LogP contribution in [0.25, 0.3) is 11.0 Å². The highest BCUT2D eigenvalue weighted by atomic mass is 32.2. The number of hydrogen-bond acceptors (Lipinski definition) is 4. The summed E-state index contributed by atoms with van der Waals surface area (Å²) in [4.78, 5) is 4.85. The quantitative estimate of drug-likeness (QED) is 0.784. The van der Waals surface area contributed by atoms with E-state index in [-0.39, 0.29) is 11.5 Å². The Balaban J connectivity index is 2.34. The number of fused-ring (bicyclic) bond motifs is 1. The largest absolute Gasteiger partial charge is 0.393 e. The summed E-state index contributed by atoms with van der Waals surface area (Å²) in [5.41, 5.74) is 7.35. The third-order valence-corrected chi connectivity index (χ3v) is 5.19. The van der Waals surface area contributed by atoms with E-state index in [1.165, 1.54) is 0 Å². The molecule has 0 aliphatic carbocycles. The molecule has 0 spiro atoms. The highest BCUT2D eigenvalue weighted by Crippen LogP contribution is 2.17. The van der Waals surface area contributed by atoms with Gasteiger partial charge in [-0.15, -0.1) is 0 Å². The Morgan fingerprint density at radius 1 is 1.33 bits per heavy atom. The molecule has 1 aromatic carbocycles. The summed E-state index contributed by atoms with van der Waals surface area (Å²) in [6.45, 7) is 2.24. The van der Waals surface area contributed by atoms with E-state index in [4.69, 9.17) is 18.0 Å². The van der Waals surface area contributed by atoms with Crippen molar-refractivity contribution in [3.63, 3.8) is 0 Å². The van der Waals surface area contributed by atoms with Gasteiger partial charge in [-0.05, 0) is 18.6 Å². The van der Waals surface area contributed by atoms with E-state index in [0.29, 0.717) is 24.4 Å². The maximum Gasteiger partial charge on any atom is 0.152 e. The molecule has 0 radical (unpaired) electrons. The molecule has 2 N–H and O–H groups in total. The molecule has 0 aliphatic heterocycles. The molecule has 0 bridgehead atoms. The average Bonchev–Trinajstić information content (AvgIpc) is 2.73. The molecule has 114 valence electrons. The minimum Gasteiger partial charge on any atom is -0.393 e. The van der Waals surface area contributed by atoms with E-state index in [2.05, 4.69) is 4.98 Å². The number of rotatable bonds is 7. The smallest absolute Gasteiger partial charge is 0.152 e. The van der Waals surface area contributed by atoms with E-state index >= 15 is 0 Å². The van der Waals surface area contributed by atoms with Gasteiger partial charge in [-0.25, -0.2) is 13.4 Å². The Morgan fingerprint density at radius 2 is 2.05 bits per heavy atom. The molecule has 0 saturated heterocycles. The number of aryl methyl sites for hydroxylation is 1. The summed E-state index contributed by atoms with van der Waals surface area (Å²) >= 11 is 4.95. The van der Waals surface area contributed by atoms with Gasteiger partial charge in [0.15, 0.2) is 9.84 Å². The number of hydrogen-bond donors (Lipinski definition) is 1. The first-order chi connectivity index (χ1) is 9.93. The van der Waals surface area contributed by atoms with Gasteiger partial charge in [0.05, 0.1) is 28.2 Å². The highest BCUT2D eigenvalue weighted by molar-refractivity contribution is 7.91. The van der Waals surface area contributed by atoms with Crippen LogP contribution in [0, 0.1) is 0 Å². The lowest BCUT2D eigenvalue weighted by molar-refractivity contribution is 0.587. The van der Waals surface area contributed by atoms with Crippen LogP contribution in [0.4, 0.5) is 0 Å². The average molecular weight is 325 g/mol. The van der Waals surface area contributed by atoms with E-state index in [9.17, 15) is 8.42 Å². The van der Waals surface area contributed by atoms with E-state index in [0.717, 1.165) is 16.9 Å². The molecule has 2 aromatic rings. The number of nitrogens with zero attached hydrogens (tertiary/aromatic N) is 2. The van der Waals surface area contributed by atoms with Crippen LogP contribution in [0.1, 0.15) is 19.2 Å². The van der Waals surface area contributed by atoms with Gasteiger partial charge in [0.1, 0.15) is 5.82 Å². The zero-order valence-corrected chi connectivity index (χ0v) is 13.6. The molecule has 5 nitrogen and oxygen atoms in total. The Bertz CT molecular complexity index is 751. The summed E-state index contributed by atoms with van der Waals surface area (Å²) in [6, 6.07) is 7.64. The van der Waals surface area contributed by atoms with Crippen molar-refractivity contribution in [3.05, 3.63) is 30.1 Å². The van der Waals surface area contributed by atoms with Crippen LogP contribution < -0.4 is 5.73 Å². The lowest BCUT2D eigenvalue weighted by Gasteiger charge is -2.09. The highest BCUT2D eigenvalue weighted by Gasteiger charge is 2.15. The second-order valence-corrected chi connectivity index (χ2v) is 7.79. The molecule has 0 fully saturated rings. The van der Waals surface area contributed by atoms with Gasteiger partial charge in [0.25, 0.3) is 0 Å². The van der Waals surface area contributed by atoms with Crippen molar-refractivity contribution in [2.24, 2.45) is 5.73 Å². The van der Waals surface area contributed by atoms with Gasteiger partial charge in [0, 0.05) is 12.3 Å². The maximum absolute atomic E-state index is 11.9. The Hall–Kier alpha value is -1.47. The van der Waals surface area contributed by atoms with Crippen LogP contribution in [0.15, 0.2) is 24.3 Å². The third-order valence-electron chi connectivity index (χ3n) is 3.21. The zero-order valence-electron chi connectivity index (χ0n) is 11.9. The number of aromatic nitrogens is 2. The van der Waals surface area contributed by atoms with Crippen molar-refractivity contribution in [1.82, 2.24) is 9.55 Å². The van der Waals surface area contributed by atoms with Gasteiger partial charge in [0.2, 0.25) is 0 Å². The van der Waals surface area contributed by atoms with E-state index in [1.54, 1.807) is 0 Å². The van der Waals surface area contributed by atoms with Crippen molar-refractivity contribution >= 4 is 38.1 Å². The topological polar surface area (TPSA) is 78.0 Å². The van der Waals surface area contributed by atoms with Crippen LogP contribution in [-0.2, 0) is 22.8 Å². The number of para-hydroxylation sites is 2. The monoisotopic (exact) mass is 325 g/mol. The summed E-state index contributed by atoms with van der Waals surface area (Å²) in [7, 11) is -3.03. The van der Waals surface area contributed by atoms with Crippen LogP contribution >= 0.6 is 12.2 Å². The van der Waals surface area contributed by atoms with Crippen molar-refractivity contribution in [2.45, 2.75) is 26.3 Å². The number of nitrogens with two attached hydrogens (primary N) is 1.